The Balaban J connectivity index is 2.40. The molecule has 0 aliphatic heterocycles. The van der Waals surface area contributed by atoms with Crippen molar-refractivity contribution in [1.29, 1.82) is 0 Å². The first-order valence-electron chi connectivity index (χ1n) is 4.16. The predicted molar refractivity (Wildman–Crippen MR) is 55.7 cm³/mol. The van der Waals surface area contributed by atoms with Crippen molar-refractivity contribution in [2.24, 2.45) is 0 Å². The maximum absolute atomic E-state index is 5.78. The van der Waals surface area contributed by atoms with Gasteiger partial charge in [-0.15, -0.1) is 5.10 Å². The molecule has 2 rings (SSSR count). The molecule has 1 heterocycles. The topological polar surface area (TPSA) is 53.0 Å². The summed E-state index contributed by atoms with van der Waals surface area (Å²) in [6, 6.07) is 11.1. The van der Waals surface area contributed by atoms with Crippen molar-refractivity contribution in [2.75, 3.05) is 5.73 Å². The average molecular weight is 207 g/mol. The van der Waals surface area contributed by atoms with Crippen LogP contribution in [0.4, 0.5) is 5.82 Å². The van der Waals surface area contributed by atoms with E-state index < -0.39 is 0 Å². The van der Waals surface area contributed by atoms with E-state index in [2.05, 4.69) is 10.2 Å². The molecule has 70 valence electrons. The molecule has 3 nitrogen and oxygen atoms in total. The molecule has 2 aromatic rings. The van der Waals surface area contributed by atoms with Gasteiger partial charge in [-0.1, -0.05) is 28.8 Å². The lowest BCUT2D eigenvalue weighted by atomic mass is 10.1. The summed E-state index contributed by atoms with van der Waals surface area (Å²) < 4.78 is 0. The van der Waals surface area contributed by atoms with Crippen molar-refractivity contribution in [1.82, 2.24) is 5.10 Å². The molecule has 0 saturated heterocycles. The maximum Gasteiger partial charge on any atom is 0.290 e. The number of benzene rings is 1. The highest BCUT2D eigenvalue weighted by molar-refractivity contribution is 6.30. The number of hydrogen-bond acceptors (Lipinski definition) is 2. The zero-order chi connectivity index (χ0) is 9.97. The summed E-state index contributed by atoms with van der Waals surface area (Å²) in [4.78, 5) is 0. The monoisotopic (exact) mass is 206 g/mol. The van der Waals surface area contributed by atoms with Crippen molar-refractivity contribution < 1.29 is 5.10 Å². The number of rotatable bonds is 1. The van der Waals surface area contributed by atoms with Gasteiger partial charge < -0.3 is 0 Å². The van der Waals surface area contributed by atoms with E-state index in [4.69, 9.17) is 17.3 Å². The third-order valence-corrected chi connectivity index (χ3v) is 2.12. The van der Waals surface area contributed by atoms with E-state index in [1.54, 1.807) is 6.07 Å². The van der Waals surface area contributed by atoms with Gasteiger partial charge in [0.25, 0.3) is 5.82 Å². The number of nitrogens with one attached hydrogen (secondary N) is 1. The molecule has 0 radical (unpaired) electrons. The van der Waals surface area contributed by atoms with Gasteiger partial charge in [-0.3, -0.25) is 5.73 Å². The molecule has 4 heteroatoms. The Morgan fingerprint density at radius 1 is 1.07 bits per heavy atom. The second kappa shape index (κ2) is 3.64. The van der Waals surface area contributed by atoms with E-state index in [0.29, 0.717) is 10.8 Å². The summed E-state index contributed by atoms with van der Waals surface area (Å²) in [5, 5.41) is 7.51. The quantitative estimate of drug-likeness (QED) is 0.774. The second-order valence-corrected chi connectivity index (χ2v) is 3.34. The van der Waals surface area contributed by atoms with Gasteiger partial charge >= 0.3 is 0 Å². The van der Waals surface area contributed by atoms with Crippen molar-refractivity contribution >= 4 is 17.4 Å². The van der Waals surface area contributed by atoms with Crippen LogP contribution in [0.25, 0.3) is 11.3 Å². The molecule has 0 fully saturated rings. The molecule has 0 atom stereocenters. The van der Waals surface area contributed by atoms with Gasteiger partial charge in [-0.25, -0.2) is 0 Å². The fraction of sp³-hybridized carbons (Fsp3) is 0. The molecule has 0 aliphatic rings. The smallest absolute Gasteiger partial charge is 0.286 e. The van der Waals surface area contributed by atoms with Crippen LogP contribution in [0.15, 0.2) is 36.4 Å². The Bertz CT molecular complexity index is 379. The van der Waals surface area contributed by atoms with Gasteiger partial charge in [0.05, 0.1) is 0 Å². The lowest BCUT2D eigenvalue weighted by Gasteiger charge is -1.97. The van der Waals surface area contributed by atoms with E-state index in [0.717, 1.165) is 11.3 Å². The first-order chi connectivity index (χ1) is 6.75. The van der Waals surface area contributed by atoms with E-state index in [1.165, 1.54) is 0 Å². The minimum absolute atomic E-state index is 0.544. The van der Waals surface area contributed by atoms with Crippen LogP contribution in [0, 0.1) is 0 Å². The number of H-pyrrole nitrogens is 1. The Labute approximate surface area is 86.5 Å². The van der Waals surface area contributed by atoms with Gasteiger partial charge in [0.2, 0.25) is 0 Å². The molecule has 1 aromatic carbocycles. The maximum atomic E-state index is 5.78. The number of nitrogen functional groups attached to an aromatic ring is 1. The van der Waals surface area contributed by atoms with Crippen LogP contribution >= 0.6 is 11.6 Å². The van der Waals surface area contributed by atoms with Crippen LogP contribution < -0.4 is 10.8 Å². The summed E-state index contributed by atoms with van der Waals surface area (Å²) in [7, 11) is 0. The fourth-order valence-corrected chi connectivity index (χ4v) is 1.28. The molecule has 0 amide bonds. The number of nitrogens with two attached hydrogens (primary N) is 1. The predicted octanol–water partition coefficient (Wildman–Crippen LogP) is 1.80. The van der Waals surface area contributed by atoms with Gasteiger partial charge in [0, 0.05) is 16.7 Å². The minimum atomic E-state index is 0.544. The van der Waals surface area contributed by atoms with Gasteiger partial charge in [0.15, 0.2) is 0 Å². The Kier molecular flexibility index (Phi) is 2.33. The normalized spacial score (nSPS) is 10.1. The Morgan fingerprint density at radius 2 is 1.79 bits per heavy atom. The molecule has 3 N–H and O–H groups in total. The largest absolute Gasteiger partial charge is 0.290 e. The summed E-state index contributed by atoms with van der Waals surface area (Å²) >= 11 is 5.78. The number of hydrogen-bond donors (Lipinski definition) is 1. The number of aromatic nitrogens is 2. The van der Waals surface area contributed by atoms with Crippen LogP contribution in [-0.4, -0.2) is 5.10 Å². The van der Waals surface area contributed by atoms with Gasteiger partial charge in [-0.2, -0.15) is 0 Å². The molecule has 0 spiro atoms. The number of nitrogens with zero attached hydrogens (tertiary/aromatic N) is 1. The van der Waals surface area contributed by atoms with Gasteiger partial charge in [-0.05, 0) is 18.2 Å². The summed E-state index contributed by atoms with van der Waals surface area (Å²) in [6.45, 7) is 0. The van der Waals surface area contributed by atoms with Gasteiger partial charge in [0.1, 0.15) is 5.69 Å². The summed E-state index contributed by atoms with van der Waals surface area (Å²) in [5.41, 5.74) is 7.34. The molecule has 0 bridgehead atoms. The summed E-state index contributed by atoms with van der Waals surface area (Å²) in [6.07, 6.45) is 0. The molecule has 0 unspecified atom stereocenters. The van der Waals surface area contributed by atoms with Crippen LogP contribution in [0.5, 0.6) is 0 Å². The van der Waals surface area contributed by atoms with Crippen molar-refractivity contribution in [3.05, 3.63) is 41.4 Å². The highest BCUT2D eigenvalue weighted by atomic mass is 35.5. The molecule has 14 heavy (non-hydrogen) atoms. The van der Waals surface area contributed by atoms with Crippen LogP contribution in [0.1, 0.15) is 0 Å². The van der Waals surface area contributed by atoms with E-state index >= 15 is 0 Å². The third-order valence-electron chi connectivity index (χ3n) is 1.87. The second-order valence-electron chi connectivity index (χ2n) is 2.90. The molecular formula is C10H9ClN3+. The van der Waals surface area contributed by atoms with E-state index in [-0.39, 0.29) is 0 Å². The Hall–Kier alpha value is -1.61. The zero-order valence-corrected chi connectivity index (χ0v) is 8.12. The van der Waals surface area contributed by atoms with E-state index in [1.807, 2.05) is 30.3 Å². The minimum Gasteiger partial charge on any atom is -0.286 e. The first kappa shape index (κ1) is 8.97. The van der Waals surface area contributed by atoms with Crippen LogP contribution in [-0.2, 0) is 0 Å². The number of aromatic amines is 1. The first-order valence-corrected chi connectivity index (χ1v) is 4.53. The molecule has 0 saturated carbocycles. The fourth-order valence-electron chi connectivity index (χ4n) is 1.15. The lowest BCUT2D eigenvalue weighted by molar-refractivity contribution is -0.437. The molecule has 1 aromatic heterocycles. The number of halogens is 1. The highest BCUT2D eigenvalue weighted by Gasteiger charge is 2.01. The number of anilines is 1. The average Bonchev–Trinajstić information content (AvgIpc) is 2.21. The van der Waals surface area contributed by atoms with Crippen LogP contribution in [0.2, 0.25) is 5.02 Å². The lowest BCUT2D eigenvalue weighted by Crippen LogP contribution is -2.14. The standard InChI is InChI=1S/C10H8ClN3/c11-8-3-1-7(2-4-8)9-5-6-10(12)14-13-9/h1-6H,(H2,12,14)/p+1. The van der Waals surface area contributed by atoms with Crippen LogP contribution in [0.3, 0.4) is 0 Å². The third kappa shape index (κ3) is 1.83. The molecule has 0 aliphatic carbocycles. The van der Waals surface area contributed by atoms with Crippen molar-refractivity contribution in [3.8, 4) is 11.3 Å². The van der Waals surface area contributed by atoms with E-state index in [9.17, 15) is 0 Å². The van der Waals surface area contributed by atoms with Crippen molar-refractivity contribution in [3.63, 3.8) is 0 Å². The SMILES string of the molecule is Nc1ccc(-c2ccc(Cl)cc2)n[nH+]1. The Morgan fingerprint density at radius 3 is 2.36 bits per heavy atom. The van der Waals surface area contributed by atoms with Crippen molar-refractivity contribution in [2.45, 2.75) is 0 Å². The molecular weight excluding hydrogens is 198 g/mol. The zero-order valence-electron chi connectivity index (χ0n) is 7.37. The summed E-state index contributed by atoms with van der Waals surface area (Å²) in [5.74, 6) is 0.544. The highest BCUT2D eigenvalue weighted by Crippen LogP contribution is 2.18.